The fraction of sp³-hybridized carbons (Fsp3) is 0.478. The Balaban J connectivity index is 1.73. The van der Waals surface area contributed by atoms with E-state index in [1.165, 1.54) is 22.5 Å². The summed E-state index contributed by atoms with van der Waals surface area (Å²) in [6, 6.07) is 5.71. The number of methoxy groups -OCH3 is 1. The molecule has 1 aromatic heterocycles. The third-order valence-corrected chi connectivity index (χ3v) is 8.06. The zero-order chi connectivity index (χ0) is 24.2. The summed E-state index contributed by atoms with van der Waals surface area (Å²) >= 11 is 6.15. The van der Waals surface area contributed by atoms with E-state index in [0.29, 0.717) is 31.8 Å². The number of benzene rings is 1. The number of piperidine rings is 1. The van der Waals surface area contributed by atoms with E-state index in [4.69, 9.17) is 21.1 Å². The third-order valence-electron chi connectivity index (χ3n) is 5.84. The van der Waals surface area contributed by atoms with Crippen molar-refractivity contribution in [3.05, 3.63) is 51.8 Å². The lowest BCUT2D eigenvalue weighted by Crippen LogP contribution is -2.35. The van der Waals surface area contributed by atoms with Crippen molar-refractivity contribution in [2.45, 2.75) is 44.6 Å². The molecule has 0 amide bonds. The minimum atomic E-state index is -3.74. The zero-order valence-corrected chi connectivity index (χ0v) is 20.7. The maximum atomic E-state index is 12.9. The van der Waals surface area contributed by atoms with Crippen molar-refractivity contribution in [1.29, 1.82) is 0 Å². The summed E-state index contributed by atoms with van der Waals surface area (Å²) < 4.78 is 39.6. The summed E-state index contributed by atoms with van der Waals surface area (Å²) in [4.78, 5) is 25.3. The second-order valence-corrected chi connectivity index (χ2v) is 10.4. The Morgan fingerprint density at radius 1 is 1.06 bits per heavy atom. The summed E-state index contributed by atoms with van der Waals surface area (Å²) in [7, 11) is -2.13. The molecule has 8 nitrogen and oxygen atoms in total. The van der Waals surface area contributed by atoms with E-state index < -0.39 is 22.6 Å². The summed E-state index contributed by atoms with van der Waals surface area (Å²) in [6.07, 6.45) is 2.60. The van der Waals surface area contributed by atoms with Gasteiger partial charge in [-0.15, -0.1) is 0 Å². The van der Waals surface area contributed by atoms with Gasteiger partial charge in [0.15, 0.2) is 6.61 Å². The van der Waals surface area contributed by atoms with Crippen LogP contribution >= 0.6 is 11.6 Å². The molecule has 1 fully saturated rings. The number of carbonyl (C=O) groups is 2. The Morgan fingerprint density at radius 2 is 1.76 bits per heavy atom. The van der Waals surface area contributed by atoms with Gasteiger partial charge in [-0.2, -0.15) is 4.31 Å². The standard InChI is InChI=1S/C23H29ClN2O6S/c1-16-13-19(17(2)26(16)11-12-31-3)22(27)15-32-23(28)20-14-18(7-8-21(20)24)33(29,30)25-9-5-4-6-10-25/h7-8,13-14H,4-6,9-12,15H2,1-3H3. The van der Waals surface area contributed by atoms with Crippen molar-refractivity contribution in [2.75, 3.05) is 33.4 Å². The molecule has 1 saturated heterocycles. The first-order valence-electron chi connectivity index (χ1n) is 10.8. The Bertz CT molecular complexity index is 1140. The van der Waals surface area contributed by atoms with E-state index >= 15 is 0 Å². The highest BCUT2D eigenvalue weighted by Gasteiger charge is 2.28. The lowest BCUT2D eigenvalue weighted by Gasteiger charge is -2.26. The molecular weight excluding hydrogens is 468 g/mol. The molecule has 0 unspecified atom stereocenters. The number of aryl methyl sites for hydroxylation is 1. The highest BCUT2D eigenvalue weighted by molar-refractivity contribution is 7.89. The predicted octanol–water partition coefficient (Wildman–Crippen LogP) is 3.62. The molecule has 0 aliphatic carbocycles. The molecule has 3 rings (SSSR count). The maximum Gasteiger partial charge on any atom is 0.340 e. The van der Waals surface area contributed by atoms with Gasteiger partial charge >= 0.3 is 5.97 Å². The third kappa shape index (κ3) is 5.66. The first-order valence-corrected chi connectivity index (χ1v) is 12.6. The molecule has 0 bridgehead atoms. The summed E-state index contributed by atoms with van der Waals surface area (Å²) in [5, 5.41) is 0.0581. The Labute approximate surface area is 199 Å². The average molecular weight is 497 g/mol. The molecular formula is C23H29ClN2O6S. The zero-order valence-electron chi connectivity index (χ0n) is 19.1. The van der Waals surface area contributed by atoms with Crippen LogP contribution in [0, 0.1) is 13.8 Å². The van der Waals surface area contributed by atoms with Crippen LogP contribution < -0.4 is 0 Å². The molecule has 180 valence electrons. The molecule has 1 aliphatic rings. The quantitative estimate of drug-likeness (QED) is 0.388. The number of carbonyl (C=O) groups excluding carboxylic acids is 2. The number of sulfonamides is 1. The lowest BCUT2D eigenvalue weighted by atomic mass is 10.1. The van der Waals surface area contributed by atoms with Gasteiger partial charge in [-0.3, -0.25) is 4.79 Å². The Kier molecular flexibility index (Phi) is 8.33. The molecule has 0 spiro atoms. The van der Waals surface area contributed by atoms with E-state index in [1.807, 2.05) is 18.4 Å². The molecule has 1 aromatic carbocycles. The van der Waals surface area contributed by atoms with Gasteiger partial charge in [0.25, 0.3) is 0 Å². The number of nitrogens with zero attached hydrogens (tertiary/aromatic N) is 2. The predicted molar refractivity (Wildman–Crippen MR) is 124 cm³/mol. The summed E-state index contributed by atoms with van der Waals surface area (Å²) in [5.74, 6) is -1.20. The number of aromatic nitrogens is 1. The number of esters is 1. The van der Waals surface area contributed by atoms with Gasteiger partial charge in [-0.1, -0.05) is 18.0 Å². The van der Waals surface area contributed by atoms with Gasteiger partial charge in [0.05, 0.1) is 22.1 Å². The highest BCUT2D eigenvalue weighted by atomic mass is 35.5. The van der Waals surface area contributed by atoms with Crippen molar-refractivity contribution in [1.82, 2.24) is 8.87 Å². The maximum absolute atomic E-state index is 12.9. The van der Waals surface area contributed by atoms with Crippen molar-refractivity contribution < 1.29 is 27.5 Å². The highest BCUT2D eigenvalue weighted by Crippen LogP contribution is 2.26. The van der Waals surface area contributed by atoms with Gasteiger partial charge in [-0.05, 0) is 51.0 Å². The number of rotatable bonds is 9. The second-order valence-electron chi connectivity index (χ2n) is 8.03. The molecule has 0 radical (unpaired) electrons. The minimum absolute atomic E-state index is 0.0197. The van der Waals surface area contributed by atoms with Crippen LogP contribution in [0.15, 0.2) is 29.2 Å². The topological polar surface area (TPSA) is 94.9 Å². The van der Waals surface area contributed by atoms with Crippen LogP contribution in [0.1, 0.15) is 51.4 Å². The number of halogens is 1. The van der Waals surface area contributed by atoms with Crippen LogP contribution in [0.2, 0.25) is 5.02 Å². The first-order chi connectivity index (χ1) is 15.7. The van der Waals surface area contributed by atoms with E-state index in [-0.39, 0.29) is 21.3 Å². The molecule has 2 aromatic rings. The smallest absolute Gasteiger partial charge is 0.340 e. The molecule has 10 heteroatoms. The number of ketones is 1. The fourth-order valence-electron chi connectivity index (χ4n) is 3.97. The van der Waals surface area contributed by atoms with Crippen LogP contribution in [0.4, 0.5) is 0 Å². The van der Waals surface area contributed by atoms with Crippen LogP contribution in [-0.2, 0) is 26.0 Å². The van der Waals surface area contributed by atoms with Crippen LogP contribution in [0.5, 0.6) is 0 Å². The van der Waals surface area contributed by atoms with Crippen molar-refractivity contribution in [3.63, 3.8) is 0 Å². The largest absolute Gasteiger partial charge is 0.454 e. The van der Waals surface area contributed by atoms with Crippen molar-refractivity contribution >= 4 is 33.4 Å². The lowest BCUT2D eigenvalue weighted by molar-refractivity contribution is 0.0474. The van der Waals surface area contributed by atoms with E-state index in [2.05, 4.69) is 0 Å². The number of hydrogen-bond donors (Lipinski definition) is 0. The van der Waals surface area contributed by atoms with Crippen LogP contribution in [-0.4, -0.2) is 62.5 Å². The molecule has 0 atom stereocenters. The minimum Gasteiger partial charge on any atom is -0.454 e. The van der Waals surface area contributed by atoms with Gasteiger partial charge < -0.3 is 14.0 Å². The van der Waals surface area contributed by atoms with Gasteiger partial charge in [0.1, 0.15) is 0 Å². The molecule has 0 saturated carbocycles. The summed E-state index contributed by atoms with van der Waals surface area (Å²) in [5.41, 5.74) is 2.04. The first kappa shape index (κ1) is 25.4. The molecule has 1 aliphatic heterocycles. The number of hydrogen-bond acceptors (Lipinski definition) is 6. The SMILES string of the molecule is COCCn1c(C)cc(C(=O)COC(=O)c2cc(S(=O)(=O)N3CCCCC3)ccc2Cl)c1C. The normalized spacial score (nSPS) is 14.9. The molecule has 33 heavy (non-hydrogen) atoms. The number of Topliss-reactive ketones (excluding diaryl/α,β-unsaturated/α-hetero) is 1. The average Bonchev–Trinajstić information content (AvgIpc) is 3.09. The summed E-state index contributed by atoms with van der Waals surface area (Å²) in [6.45, 7) is 5.24. The van der Waals surface area contributed by atoms with Crippen LogP contribution in [0.3, 0.4) is 0 Å². The van der Waals surface area contributed by atoms with Gasteiger partial charge in [0, 0.05) is 43.7 Å². The van der Waals surface area contributed by atoms with Gasteiger partial charge in [-0.25, -0.2) is 13.2 Å². The second kappa shape index (κ2) is 10.8. The molecule has 2 heterocycles. The van der Waals surface area contributed by atoms with E-state index in [9.17, 15) is 18.0 Å². The monoisotopic (exact) mass is 496 g/mol. The van der Waals surface area contributed by atoms with Crippen molar-refractivity contribution in [3.8, 4) is 0 Å². The fourth-order valence-corrected chi connectivity index (χ4v) is 5.71. The van der Waals surface area contributed by atoms with Crippen LogP contribution in [0.25, 0.3) is 0 Å². The van der Waals surface area contributed by atoms with Gasteiger partial charge in [0.2, 0.25) is 15.8 Å². The van der Waals surface area contributed by atoms with Crippen molar-refractivity contribution in [2.24, 2.45) is 0 Å². The number of ether oxygens (including phenoxy) is 2. The molecule has 0 N–H and O–H groups in total. The van der Waals surface area contributed by atoms with E-state index in [0.717, 1.165) is 30.7 Å². The van der Waals surface area contributed by atoms with E-state index in [1.54, 1.807) is 13.2 Å². The Hall–Kier alpha value is -2.20. The Morgan fingerprint density at radius 3 is 2.42 bits per heavy atom.